The predicted octanol–water partition coefficient (Wildman–Crippen LogP) is 3.21. The first-order chi connectivity index (χ1) is 18.4. The van der Waals surface area contributed by atoms with Crippen LogP contribution in [0.5, 0.6) is 0 Å². The van der Waals surface area contributed by atoms with E-state index in [0.717, 1.165) is 72.5 Å². The average Bonchev–Trinajstić information content (AvgIpc) is 3.39. The number of aryl methyl sites for hydroxylation is 2. The summed E-state index contributed by atoms with van der Waals surface area (Å²) in [7, 11) is 1.87. The Hall–Kier alpha value is -4.08. The van der Waals surface area contributed by atoms with Crippen molar-refractivity contribution in [2.45, 2.75) is 45.1 Å². The molecule has 1 fully saturated rings. The standard InChI is InChI=1S/C27H33N7O2.C2H2/c1-18(35)33-9-5-25(31-22-6-10-36-11-7-22)24(17-33)27(29)34-8-3-4-19-12-23(20(14-28)13-26(19)34)21-15-30-32(2)16-21;1-2/h12-13,15-16,22,29,31H,3-11,17H2,1-2H3;1-2H. The zero-order valence-electron chi connectivity index (χ0n) is 22.2. The van der Waals surface area contributed by atoms with E-state index in [2.05, 4.69) is 35.4 Å². The number of ether oxygens (including phenoxy) is 1. The number of carbonyl (C=O) groups is 1. The second kappa shape index (κ2) is 12.0. The quantitative estimate of drug-likeness (QED) is 0.369. The molecule has 2 N–H and O–H groups in total. The Bertz CT molecular complexity index is 1290. The van der Waals surface area contributed by atoms with Crippen LogP contribution in [0.25, 0.3) is 11.1 Å². The van der Waals surface area contributed by atoms with E-state index >= 15 is 0 Å². The molecule has 0 aliphatic carbocycles. The number of nitriles is 1. The predicted molar refractivity (Wildman–Crippen MR) is 148 cm³/mol. The summed E-state index contributed by atoms with van der Waals surface area (Å²) in [4.78, 5) is 16.1. The van der Waals surface area contributed by atoms with E-state index in [0.29, 0.717) is 43.5 Å². The molecule has 0 radical (unpaired) electrons. The van der Waals surface area contributed by atoms with Gasteiger partial charge in [-0.25, -0.2) is 0 Å². The van der Waals surface area contributed by atoms with Gasteiger partial charge < -0.3 is 19.9 Å². The largest absolute Gasteiger partial charge is 0.385 e. The van der Waals surface area contributed by atoms with Gasteiger partial charge in [-0.1, -0.05) is 0 Å². The van der Waals surface area contributed by atoms with E-state index in [4.69, 9.17) is 4.74 Å². The first-order valence-corrected chi connectivity index (χ1v) is 13.0. The minimum Gasteiger partial charge on any atom is -0.385 e. The molecule has 0 atom stereocenters. The van der Waals surface area contributed by atoms with Crippen LogP contribution in [0.1, 0.15) is 43.7 Å². The first-order valence-electron chi connectivity index (χ1n) is 13.0. The summed E-state index contributed by atoms with van der Waals surface area (Å²) in [5.74, 6) is 0.437. The number of terminal acetylenes is 1. The third-order valence-electron chi connectivity index (χ3n) is 7.42. The highest BCUT2D eigenvalue weighted by molar-refractivity contribution is 6.09. The molecule has 0 spiro atoms. The second-order valence-electron chi connectivity index (χ2n) is 9.82. The van der Waals surface area contributed by atoms with Crippen molar-refractivity contribution < 1.29 is 9.53 Å². The van der Waals surface area contributed by atoms with Gasteiger partial charge >= 0.3 is 0 Å². The summed E-state index contributed by atoms with van der Waals surface area (Å²) >= 11 is 0. The van der Waals surface area contributed by atoms with Gasteiger partial charge in [0.25, 0.3) is 0 Å². The lowest BCUT2D eigenvalue weighted by Gasteiger charge is -2.38. The number of amidine groups is 1. The third kappa shape index (κ3) is 5.58. The molecule has 1 aromatic heterocycles. The number of nitrogens with zero attached hydrogens (tertiary/aromatic N) is 5. The molecule has 5 rings (SSSR count). The fourth-order valence-corrected chi connectivity index (χ4v) is 5.42. The van der Waals surface area contributed by atoms with Crippen LogP contribution in [0.15, 0.2) is 35.8 Å². The lowest BCUT2D eigenvalue weighted by Crippen LogP contribution is -2.46. The molecule has 0 unspecified atom stereocenters. The molecule has 3 aliphatic heterocycles. The highest BCUT2D eigenvalue weighted by atomic mass is 16.5. The number of nitrogens with one attached hydrogen (secondary N) is 2. The van der Waals surface area contributed by atoms with E-state index in [1.54, 1.807) is 17.8 Å². The Kier molecular flexibility index (Phi) is 8.50. The molecule has 9 heteroatoms. The molecule has 1 saturated heterocycles. The average molecular weight is 514 g/mol. The fourth-order valence-electron chi connectivity index (χ4n) is 5.42. The SMILES string of the molecule is C#C.CC(=O)N1CCC(NC2CCOCC2)=C(C(=N)N2CCCc3cc(-c4cnn(C)c4)c(C#N)cc32)C1. The first kappa shape index (κ1) is 27.0. The van der Waals surface area contributed by atoms with Gasteiger partial charge in [-0.2, -0.15) is 10.4 Å². The zero-order valence-corrected chi connectivity index (χ0v) is 22.2. The maximum Gasteiger partial charge on any atom is 0.219 e. The van der Waals surface area contributed by atoms with Gasteiger partial charge in [-0.05, 0) is 43.4 Å². The molecule has 9 nitrogen and oxygen atoms in total. The maximum atomic E-state index is 12.2. The molecule has 4 heterocycles. The highest BCUT2D eigenvalue weighted by Crippen LogP contribution is 2.36. The van der Waals surface area contributed by atoms with E-state index in [-0.39, 0.29) is 5.91 Å². The summed E-state index contributed by atoms with van der Waals surface area (Å²) < 4.78 is 7.26. The van der Waals surface area contributed by atoms with Crippen LogP contribution in [0.4, 0.5) is 5.69 Å². The number of fused-ring (bicyclic) bond motifs is 1. The second-order valence-corrected chi connectivity index (χ2v) is 9.82. The molecule has 1 aromatic carbocycles. The summed E-state index contributed by atoms with van der Waals surface area (Å²) in [6.07, 6.45) is 16.1. The van der Waals surface area contributed by atoms with Gasteiger partial charge in [0, 0.05) is 87.0 Å². The molecule has 0 saturated carbocycles. The van der Waals surface area contributed by atoms with Crippen LogP contribution in [-0.4, -0.2) is 65.3 Å². The fraction of sp³-hybridized carbons (Fsp3) is 0.448. The molecule has 3 aliphatic rings. The monoisotopic (exact) mass is 513 g/mol. The van der Waals surface area contributed by atoms with E-state index < -0.39 is 0 Å². The lowest BCUT2D eigenvalue weighted by atomic mass is 9.92. The van der Waals surface area contributed by atoms with Gasteiger partial charge in [0.2, 0.25) is 5.91 Å². The molecular formula is C29H35N7O2. The molecule has 38 heavy (non-hydrogen) atoms. The molecule has 2 aromatic rings. The maximum absolute atomic E-state index is 12.2. The zero-order chi connectivity index (χ0) is 27.2. The van der Waals surface area contributed by atoms with Crippen molar-refractivity contribution in [1.29, 1.82) is 10.7 Å². The normalized spacial score (nSPS) is 17.7. The summed E-state index contributed by atoms with van der Waals surface area (Å²) in [5, 5.41) is 27.2. The van der Waals surface area contributed by atoms with Gasteiger partial charge in [0.15, 0.2) is 0 Å². The van der Waals surface area contributed by atoms with Crippen molar-refractivity contribution >= 4 is 17.4 Å². The van der Waals surface area contributed by atoms with Crippen molar-refractivity contribution in [1.82, 2.24) is 20.0 Å². The summed E-state index contributed by atoms with van der Waals surface area (Å²) in [6.45, 7) is 4.86. The smallest absolute Gasteiger partial charge is 0.219 e. The van der Waals surface area contributed by atoms with Gasteiger partial charge in [0.1, 0.15) is 5.84 Å². The van der Waals surface area contributed by atoms with E-state index in [9.17, 15) is 15.5 Å². The number of amides is 1. The number of hydrogen-bond donors (Lipinski definition) is 2. The Morgan fingerprint density at radius 2 is 2.00 bits per heavy atom. The number of hydrogen-bond acceptors (Lipinski definition) is 6. The number of rotatable bonds is 4. The molecular weight excluding hydrogens is 478 g/mol. The lowest BCUT2D eigenvalue weighted by molar-refractivity contribution is -0.128. The topological polar surface area (TPSA) is 110 Å². The van der Waals surface area contributed by atoms with Crippen molar-refractivity contribution in [3.05, 3.63) is 46.9 Å². The summed E-state index contributed by atoms with van der Waals surface area (Å²) in [5.41, 5.74) is 6.33. The van der Waals surface area contributed by atoms with Crippen molar-refractivity contribution in [2.75, 3.05) is 37.7 Å². The molecule has 0 bridgehead atoms. The number of anilines is 1. The Morgan fingerprint density at radius 1 is 1.24 bits per heavy atom. The van der Waals surface area contributed by atoms with Crippen molar-refractivity contribution in [2.24, 2.45) is 7.05 Å². The Labute approximate surface area is 224 Å². The van der Waals surface area contributed by atoms with Crippen LogP contribution in [0.2, 0.25) is 0 Å². The Morgan fingerprint density at radius 3 is 2.66 bits per heavy atom. The van der Waals surface area contributed by atoms with E-state index in [1.807, 2.05) is 29.1 Å². The molecule has 198 valence electrons. The van der Waals surface area contributed by atoms with Crippen LogP contribution >= 0.6 is 0 Å². The number of aromatic nitrogens is 2. The molecule has 1 amide bonds. The minimum atomic E-state index is 0.0253. The number of benzene rings is 1. The minimum absolute atomic E-state index is 0.0253. The van der Waals surface area contributed by atoms with Crippen LogP contribution in [0, 0.1) is 29.6 Å². The van der Waals surface area contributed by atoms with Gasteiger partial charge in [-0.3, -0.25) is 14.9 Å². The van der Waals surface area contributed by atoms with Crippen LogP contribution in [-0.2, 0) is 23.0 Å². The van der Waals surface area contributed by atoms with Crippen LogP contribution in [0.3, 0.4) is 0 Å². The number of carbonyl (C=O) groups excluding carboxylic acids is 1. The van der Waals surface area contributed by atoms with Crippen molar-refractivity contribution in [3.8, 4) is 30.0 Å². The van der Waals surface area contributed by atoms with Gasteiger partial charge in [0.05, 0.1) is 24.4 Å². The highest BCUT2D eigenvalue weighted by Gasteiger charge is 2.30. The summed E-state index contributed by atoms with van der Waals surface area (Å²) in [6, 6.07) is 6.68. The third-order valence-corrected chi connectivity index (χ3v) is 7.42. The van der Waals surface area contributed by atoms with Gasteiger partial charge in [-0.15, -0.1) is 12.8 Å². The van der Waals surface area contributed by atoms with Crippen molar-refractivity contribution in [3.63, 3.8) is 0 Å². The van der Waals surface area contributed by atoms with E-state index in [1.165, 1.54) is 0 Å². The Balaban J connectivity index is 0.00000164. The van der Waals surface area contributed by atoms with Crippen LogP contribution < -0.4 is 10.2 Å².